The molecular weight excluding hydrogens is 372 g/mol. The molecule has 30 heavy (non-hydrogen) atoms. The first-order valence-electron chi connectivity index (χ1n) is 10.5. The second-order valence-corrected chi connectivity index (χ2v) is 7.72. The van der Waals surface area contributed by atoms with Gasteiger partial charge in [0.05, 0.1) is 5.57 Å². The molecule has 3 aromatic rings. The summed E-state index contributed by atoms with van der Waals surface area (Å²) in [5, 5.41) is 11.0. The number of esters is 1. The van der Waals surface area contributed by atoms with E-state index in [0.29, 0.717) is 18.4 Å². The Labute approximate surface area is 177 Å². The van der Waals surface area contributed by atoms with Crippen LogP contribution in [0.4, 0.5) is 0 Å². The van der Waals surface area contributed by atoms with Gasteiger partial charge in [0.15, 0.2) is 6.10 Å². The Kier molecular flexibility index (Phi) is 6.29. The summed E-state index contributed by atoms with van der Waals surface area (Å²) in [5.41, 5.74) is 3.77. The summed E-state index contributed by atoms with van der Waals surface area (Å²) in [7, 11) is 0. The monoisotopic (exact) mass is 398 g/mol. The second kappa shape index (κ2) is 9.45. The number of aliphatic hydroxyl groups is 1. The highest BCUT2D eigenvalue weighted by molar-refractivity contribution is 5.93. The summed E-state index contributed by atoms with van der Waals surface area (Å²) < 4.78 is 5.60. The molecule has 152 valence electrons. The Bertz CT molecular complexity index is 994. The van der Waals surface area contributed by atoms with Gasteiger partial charge >= 0.3 is 5.97 Å². The van der Waals surface area contributed by atoms with Gasteiger partial charge in [0.1, 0.15) is 5.76 Å². The molecule has 4 rings (SSSR count). The van der Waals surface area contributed by atoms with Crippen LogP contribution in [0.1, 0.15) is 35.4 Å². The maximum Gasteiger partial charge on any atom is 0.338 e. The molecule has 2 unspecified atom stereocenters. The fourth-order valence-electron chi connectivity index (χ4n) is 4.10. The molecule has 1 N–H and O–H groups in total. The molecule has 2 atom stereocenters. The molecule has 0 amide bonds. The minimum atomic E-state index is -0.557. The molecule has 0 spiro atoms. The molecule has 3 nitrogen and oxygen atoms in total. The summed E-state index contributed by atoms with van der Waals surface area (Å²) >= 11 is 0. The van der Waals surface area contributed by atoms with Crippen molar-refractivity contribution >= 4 is 5.97 Å². The minimum absolute atomic E-state index is 0.0952. The molecule has 0 bridgehead atoms. The third-order valence-electron chi connectivity index (χ3n) is 5.66. The van der Waals surface area contributed by atoms with Crippen LogP contribution < -0.4 is 0 Å². The number of cyclic esters (lactones) is 1. The molecule has 0 radical (unpaired) electrons. The van der Waals surface area contributed by atoms with E-state index in [1.54, 1.807) is 0 Å². The fraction of sp³-hybridized carbons (Fsp3) is 0.222. The summed E-state index contributed by atoms with van der Waals surface area (Å²) in [6.07, 6.45) is 2.43. The summed E-state index contributed by atoms with van der Waals surface area (Å²) in [6.45, 7) is 0. The lowest BCUT2D eigenvalue weighted by molar-refractivity contribution is -0.140. The molecule has 3 heteroatoms. The highest BCUT2D eigenvalue weighted by atomic mass is 16.6. The van der Waals surface area contributed by atoms with Crippen LogP contribution in [0.15, 0.2) is 102 Å². The van der Waals surface area contributed by atoms with Gasteiger partial charge in [0.25, 0.3) is 0 Å². The smallest absolute Gasteiger partial charge is 0.338 e. The van der Waals surface area contributed by atoms with Crippen LogP contribution in [0.5, 0.6) is 0 Å². The van der Waals surface area contributed by atoms with Crippen molar-refractivity contribution < 1.29 is 14.6 Å². The predicted molar refractivity (Wildman–Crippen MR) is 118 cm³/mol. The molecule has 0 saturated carbocycles. The number of carbonyl (C=O) groups is 1. The maximum atomic E-state index is 12.8. The average molecular weight is 399 g/mol. The van der Waals surface area contributed by atoms with Crippen LogP contribution in [0.2, 0.25) is 0 Å². The minimum Gasteiger partial charge on any atom is -0.508 e. The molecule has 0 aromatic heterocycles. The van der Waals surface area contributed by atoms with Crippen molar-refractivity contribution in [2.24, 2.45) is 0 Å². The Balaban J connectivity index is 1.54. The Morgan fingerprint density at radius 3 is 2.00 bits per heavy atom. The summed E-state index contributed by atoms with van der Waals surface area (Å²) in [5.74, 6) is -0.542. The molecule has 0 fully saturated rings. The number of aliphatic hydroxyl groups excluding tert-OH is 1. The third-order valence-corrected chi connectivity index (χ3v) is 5.66. The van der Waals surface area contributed by atoms with Crippen LogP contribution in [0.25, 0.3) is 0 Å². The van der Waals surface area contributed by atoms with Gasteiger partial charge < -0.3 is 9.84 Å². The lowest BCUT2D eigenvalue weighted by Crippen LogP contribution is -2.13. The topological polar surface area (TPSA) is 46.5 Å². The molecular formula is C27H26O3. The first-order valence-corrected chi connectivity index (χ1v) is 10.5. The molecule has 1 aliphatic rings. The number of benzene rings is 3. The third kappa shape index (κ3) is 4.62. The maximum absolute atomic E-state index is 12.8. The first kappa shape index (κ1) is 20.0. The lowest BCUT2D eigenvalue weighted by Gasteiger charge is -2.17. The van der Waals surface area contributed by atoms with E-state index in [2.05, 4.69) is 12.1 Å². The van der Waals surface area contributed by atoms with Gasteiger partial charge in [-0.3, -0.25) is 0 Å². The quantitative estimate of drug-likeness (QED) is 0.490. The predicted octanol–water partition coefficient (Wildman–Crippen LogP) is 5.77. The Morgan fingerprint density at radius 2 is 1.37 bits per heavy atom. The van der Waals surface area contributed by atoms with Crippen molar-refractivity contribution in [3.8, 4) is 0 Å². The van der Waals surface area contributed by atoms with E-state index < -0.39 is 12.1 Å². The second-order valence-electron chi connectivity index (χ2n) is 7.72. The first-order chi connectivity index (χ1) is 14.7. The van der Waals surface area contributed by atoms with Gasteiger partial charge in [-0.25, -0.2) is 4.79 Å². The molecule has 0 aliphatic carbocycles. The van der Waals surface area contributed by atoms with E-state index in [4.69, 9.17) is 4.74 Å². The Morgan fingerprint density at radius 1 is 0.800 bits per heavy atom. The van der Waals surface area contributed by atoms with Crippen LogP contribution in [0, 0.1) is 0 Å². The molecule has 1 heterocycles. The average Bonchev–Trinajstić information content (AvgIpc) is 3.07. The van der Waals surface area contributed by atoms with Crippen LogP contribution in [-0.2, 0) is 22.4 Å². The van der Waals surface area contributed by atoms with E-state index in [1.165, 1.54) is 5.56 Å². The Hall–Kier alpha value is -3.33. The summed E-state index contributed by atoms with van der Waals surface area (Å²) in [4.78, 5) is 12.8. The van der Waals surface area contributed by atoms with Gasteiger partial charge in [0.2, 0.25) is 0 Å². The van der Waals surface area contributed by atoms with Crippen molar-refractivity contribution in [2.75, 3.05) is 0 Å². The number of aryl methyl sites for hydroxylation is 1. The van der Waals surface area contributed by atoms with E-state index in [1.807, 2.05) is 78.9 Å². The zero-order valence-electron chi connectivity index (χ0n) is 16.9. The van der Waals surface area contributed by atoms with Crippen molar-refractivity contribution in [2.45, 2.75) is 37.7 Å². The zero-order valence-corrected chi connectivity index (χ0v) is 16.9. The molecule has 0 saturated heterocycles. The van der Waals surface area contributed by atoms with Gasteiger partial charge in [-0.1, -0.05) is 91.0 Å². The van der Waals surface area contributed by atoms with E-state index in [9.17, 15) is 9.90 Å². The standard InChI is InChI=1S/C27H26O3/c28-26-24(18-10-15-20-11-4-1-5-12-20)30-27(29)25(26)23(22-16-8-3-9-17-22)19-21-13-6-2-7-14-21/h1-9,11-14,16-17,23-24,28H,10,15,18-19H2. The van der Waals surface area contributed by atoms with E-state index in [-0.39, 0.29) is 11.7 Å². The van der Waals surface area contributed by atoms with E-state index >= 15 is 0 Å². The van der Waals surface area contributed by atoms with Crippen LogP contribution in [-0.4, -0.2) is 17.2 Å². The van der Waals surface area contributed by atoms with Gasteiger partial charge in [-0.15, -0.1) is 0 Å². The van der Waals surface area contributed by atoms with Gasteiger partial charge in [0, 0.05) is 5.92 Å². The number of hydrogen-bond donors (Lipinski definition) is 1. The van der Waals surface area contributed by atoms with E-state index in [0.717, 1.165) is 24.0 Å². The highest BCUT2D eigenvalue weighted by Crippen LogP contribution is 2.37. The highest BCUT2D eigenvalue weighted by Gasteiger charge is 2.38. The van der Waals surface area contributed by atoms with Crippen molar-refractivity contribution in [1.82, 2.24) is 0 Å². The fourth-order valence-corrected chi connectivity index (χ4v) is 4.10. The number of hydrogen-bond acceptors (Lipinski definition) is 3. The summed E-state index contributed by atoms with van der Waals surface area (Å²) in [6, 6.07) is 30.2. The van der Waals surface area contributed by atoms with Crippen molar-refractivity contribution in [1.29, 1.82) is 0 Å². The number of carbonyl (C=O) groups excluding carboxylic acids is 1. The van der Waals surface area contributed by atoms with Crippen molar-refractivity contribution in [3.05, 3.63) is 119 Å². The molecule has 1 aliphatic heterocycles. The normalized spacial score (nSPS) is 17.1. The van der Waals surface area contributed by atoms with Crippen molar-refractivity contribution in [3.63, 3.8) is 0 Å². The molecule has 3 aromatic carbocycles. The number of ether oxygens (including phenoxy) is 1. The SMILES string of the molecule is O=C1OC(CCCc2ccccc2)C(O)=C1C(Cc1ccccc1)c1ccccc1. The number of rotatable bonds is 8. The largest absolute Gasteiger partial charge is 0.508 e. The van der Waals surface area contributed by atoms with Crippen LogP contribution in [0.3, 0.4) is 0 Å². The lowest BCUT2D eigenvalue weighted by atomic mass is 9.85. The zero-order chi connectivity index (χ0) is 20.8. The van der Waals surface area contributed by atoms with Gasteiger partial charge in [-0.05, 0) is 42.4 Å². The van der Waals surface area contributed by atoms with Gasteiger partial charge in [-0.2, -0.15) is 0 Å². The van der Waals surface area contributed by atoms with Crippen LogP contribution >= 0.6 is 0 Å².